The first-order valence-corrected chi connectivity index (χ1v) is 8.62. The lowest BCUT2D eigenvalue weighted by molar-refractivity contribution is 0.103. The van der Waals surface area contributed by atoms with Gasteiger partial charge in [0.1, 0.15) is 5.82 Å². The van der Waals surface area contributed by atoms with Gasteiger partial charge in [-0.1, -0.05) is 11.2 Å². The third-order valence-electron chi connectivity index (χ3n) is 3.66. The minimum Gasteiger partial charge on any atom is -0.334 e. The van der Waals surface area contributed by atoms with Gasteiger partial charge in [0, 0.05) is 16.8 Å². The fourth-order valence-corrected chi connectivity index (χ4v) is 2.97. The molecule has 5 nitrogen and oxygen atoms in total. The molecular weight excluding hydrogens is 353 g/mol. The average Bonchev–Trinajstić information content (AvgIpc) is 3.35. The van der Waals surface area contributed by atoms with Gasteiger partial charge in [0.2, 0.25) is 5.82 Å². The number of carbonyl (C=O) groups excluding carboxylic acids is 1. The highest BCUT2D eigenvalue weighted by Gasteiger charge is 2.11. The number of halogens is 1. The van der Waals surface area contributed by atoms with Crippen molar-refractivity contribution in [3.05, 3.63) is 76.7 Å². The van der Waals surface area contributed by atoms with Crippen LogP contribution in [0.2, 0.25) is 0 Å². The summed E-state index contributed by atoms with van der Waals surface area (Å²) in [5, 5.41) is 8.60. The Morgan fingerprint density at radius 2 is 1.73 bits per heavy atom. The number of amides is 1. The van der Waals surface area contributed by atoms with Crippen LogP contribution in [-0.4, -0.2) is 16.0 Å². The van der Waals surface area contributed by atoms with Crippen LogP contribution in [0.5, 0.6) is 0 Å². The molecule has 0 unspecified atom stereocenters. The van der Waals surface area contributed by atoms with Gasteiger partial charge in [-0.2, -0.15) is 4.98 Å². The second-order valence-corrected chi connectivity index (χ2v) is 6.39. The fourth-order valence-electron chi connectivity index (χ4n) is 2.35. The van der Waals surface area contributed by atoms with Gasteiger partial charge in [0.05, 0.1) is 4.88 Å². The van der Waals surface area contributed by atoms with Crippen molar-refractivity contribution in [3.63, 3.8) is 0 Å². The van der Waals surface area contributed by atoms with E-state index in [1.807, 2.05) is 11.4 Å². The number of benzene rings is 2. The maximum atomic E-state index is 13.0. The van der Waals surface area contributed by atoms with Crippen LogP contribution in [0, 0.1) is 5.82 Å². The van der Waals surface area contributed by atoms with Crippen molar-refractivity contribution in [1.29, 1.82) is 0 Å². The summed E-state index contributed by atoms with van der Waals surface area (Å²) in [7, 11) is 0. The lowest BCUT2D eigenvalue weighted by atomic mass is 10.2. The summed E-state index contributed by atoms with van der Waals surface area (Å²) >= 11 is 1.38. The van der Waals surface area contributed by atoms with Crippen LogP contribution >= 0.6 is 11.3 Å². The minimum atomic E-state index is -0.322. The van der Waals surface area contributed by atoms with E-state index in [9.17, 15) is 9.18 Å². The molecule has 0 radical (unpaired) electrons. The molecule has 2 aromatic carbocycles. The highest BCUT2D eigenvalue weighted by Crippen LogP contribution is 2.24. The Morgan fingerprint density at radius 3 is 2.42 bits per heavy atom. The van der Waals surface area contributed by atoms with Crippen molar-refractivity contribution in [2.75, 3.05) is 5.32 Å². The van der Waals surface area contributed by atoms with E-state index in [4.69, 9.17) is 4.52 Å². The van der Waals surface area contributed by atoms with Gasteiger partial charge in [-0.25, -0.2) is 4.39 Å². The van der Waals surface area contributed by atoms with E-state index < -0.39 is 0 Å². The molecule has 0 saturated carbocycles. The van der Waals surface area contributed by atoms with Crippen LogP contribution in [0.15, 0.2) is 70.6 Å². The topological polar surface area (TPSA) is 68.0 Å². The number of nitrogens with one attached hydrogen (secondary N) is 1. The number of nitrogens with zero attached hydrogens (tertiary/aromatic N) is 2. The molecule has 0 bridgehead atoms. The molecular formula is C19H12FN3O2S. The average molecular weight is 365 g/mol. The maximum absolute atomic E-state index is 13.0. The fraction of sp³-hybridized carbons (Fsp3) is 0. The predicted molar refractivity (Wildman–Crippen MR) is 97.4 cm³/mol. The van der Waals surface area contributed by atoms with Gasteiger partial charge < -0.3 is 9.84 Å². The van der Waals surface area contributed by atoms with Crippen LogP contribution in [0.25, 0.3) is 22.8 Å². The SMILES string of the molecule is O=C(Nc1ccc(-c2nc(-c3ccc(F)cc3)no2)cc1)c1cccs1. The van der Waals surface area contributed by atoms with Gasteiger partial charge in [0.15, 0.2) is 0 Å². The highest BCUT2D eigenvalue weighted by molar-refractivity contribution is 7.12. The number of carbonyl (C=O) groups is 1. The van der Waals surface area contributed by atoms with E-state index in [0.717, 1.165) is 5.56 Å². The first-order chi connectivity index (χ1) is 12.7. The number of anilines is 1. The number of thiophene rings is 1. The summed E-state index contributed by atoms with van der Waals surface area (Å²) in [5.74, 6) is 0.261. The Morgan fingerprint density at radius 1 is 1.00 bits per heavy atom. The van der Waals surface area contributed by atoms with Crippen molar-refractivity contribution in [2.45, 2.75) is 0 Å². The molecule has 0 aliphatic carbocycles. The predicted octanol–water partition coefficient (Wildman–Crippen LogP) is 4.86. The Kier molecular flexibility index (Phi) is 4.28. The Balaban J connectivity index is 1.50. The van der Waals surface area contributed by atoms with Crippen molar-refractivity contribution in [1.82, 2.24) is 10.1 Å². The summed E-state index contributed by atoms with van der Waals surface area (Å²) in [5.41, 5.74) is 2.06. The van der Waals surface area contributed by atoms with Gasteiger partial charge in [-0.05, 0) is 60.0 Å². The van der Waals surface area contributed by atoms with E-state index in [1.54, 1.807) is 42.5 Å². The van der Waals surface area contributed by atoms with Crippen LogP contribution in [0.4, 0.5) is 10.1 Å². The van der Waals surface area contributed by atoms with Crippen molar-refractivity contribution >= 4 is 22.9 Å². The number of hydrogen-bond acceptors (Lipinski definition) is 5. The third kappa shape index (κ3) is 3.38. The maximum Gasteiger partial charge on any atom is 0.265 e. The van der Waals surface area contributed by atoms with Crippen LogP contribution in [0.3, 0.4) is 0 Å². The second kappa shape index (κ2) is 6.89. The summed E-state index contributed by atoms with van der Waals surface area (Å²) in [4.78, 5) is 17.0. The van der Waals surface area contributed by atoms with E-state index in [-0.39, 0.29) is 11.7 Å². The molecule has 7 heteroatoms. The van der Waals surface area contributed by atoms with Gasteiger partial charge in [-0.3, -0.25) is 4.79 Å². The summed E-state index contributed by atoms with van der Waals surface area (Å²) in [6, 6.07) is 16.6. The molecule has 0 saturated heterocycles. The molecule has 0 fully saturated rings. The Labute approximate surface area is 152 Å². The van der Waals surface area contributed by atoms with Gasteiger partial charge >= 0.3 is 0 Å². The molecule has 1 N–H and O–H groups in total. The quantitative estimate of drug-likeness (QED) is 0.561. The smallest absolute Gasteiger partial charge is 0.265 e. The lowest BCUT2D eigenvalue weighted by Crippen LogP contribution is -2.09. The molecule has 4 aromatic rings. The van der Waals surface area contributed by atoms with E-state index in [1.165, 1.54) is 23.5 Å². The first kappa shape index (κ1) is 16.2. The zero-order valence-corrected chi connectivity index (χ0v) is 14.2. The number of rotatable bonds is 4. The van der Waals surface area contributed by atoms with Crippen molar-refractivity contribution in [2.24, 2.45) is 0 Å². The summed E-state index contributed by atoms with van der Waals surface area (Å²) in [6.45, 7) is 0. The van der Waals surface area contributed by atoms with Gasteiger partial charge in [-0.15, -0.1) is 11.3 Å². The van der Waals surface area contributed by atoms with Crippen LogP contribution in [-0.2, 0) is 0 Å². The molecule has 4 rings (SSSR count). The van der Waals surface area contributed by atoms with E-state index >= 15 is 0 Å². The molecule has 26 heavy (non-hydrogen) atoms. The van der Waals surface area contributed by atoms with Crippen LogP contribution in [0.1, 0.15) is 9.67 Å². The zero-order valence-electron chi connectivity index (χ0n) is 13.3. The third-order valence-corrected chi connectivity index (χ3v) is 4.53. The van der Waals surface area contributed by atoms with E-state index in [0.29, 0.717) is 27.8 Å². The van der Waals surface area contributed by atoms with Gasteiger partial charge in [0.25, 0.3) is 11.8 Å². The van der Waals surface area contributed by atoms with Crippen molar-refractivity contribution < 1.29 is 13.7 Å². The monoisotopic (exact) mass is 365 g/mol. The van der Waals surface area contributed by atoms with E-state index in [2.05, 4.69) is 15.5 Å². The normalized spacial score (nSPS) is 10.7. The summed E-state index contributed by atoms with van der Waals surface area (Å²) < 4.78 is 18.3. The first-order valence-electron chi connectivity index (χ1n) is 7.74. The molecule has 0 spiro atoms. The summed E-state index contributed by atoms with van der Waals surface area (Å²) in [6.07, 6.45) is 0. The Bertz CT molecular complexity index is 1030. The highest BCUT2D eigenvalue weighted by atomic mass is 32.1. The number of hydrogen-bond donors (Lipinski definition) is 1. The van der Waals surface area contributed by atoms with Crippen molar-refractivity contribution in [3.8, 4) is 22.8 Å². The largest absolute Gasteiger partial charge is 0.334 e. The zero-order chi connectivity index (χ0) is 17.9. The minimum absolute atomic E-state index is 0.149. The standard InChI is InChI=1S/C19H12FN3O2S/c20-14-7-3-12(4-8-14)17-22-19(25-23-17)13-5-9-15(10-6-13)21-18(24)16-2-1-11-26-16/h1-11H,(H,21,24). The molecule has 128 valence electrons. The molecule has 2 heterocycles. The lowest BCUT2D eigenvalue weighted by Gasteiger charge is -2.03. The Hall–Kier alpha value is -3.32. The van der Waals surface area contributed by atoms with Crippen LogP contribution < -0.4 is 5.32 Å². The molecule has 0 aliphatic heterocycles. The second-order valence-electron chi connectivity index (χ2n) is 5.44. The molecule has 1 amide bonds. The molecule has 0 atom stereocenters. The molecule has 0 aliphatic rings. The number of aromatic nitrogens is 2. The molecule has 2 aromatic heterocycles.